The molecular formula is C17H12N. The van der Waals surface area contributed by atoms with E-state index in [1.165, 1.54) is 22.1 Å². The Kier molecular flexibility index (Phi) is 1.95. The van der Waals surface area contributed by atoms with Gasteiger partial charge in [-0.2, -0.15) is 0 Å². The lowest BCUT2D eigenvalue weighted by atomic mass is 9.93. The maximum absolute atomic E-state index is 3.32. The van der Waals surface area contributed by atoms with E-state index in [1.807, 2.05) is 0 Å². The summed E-state index contributed by atoms with van der Waals surface area (Å²) in [5, 5.41) is 1.27. The molecule has 4 rings (SSSR count). The van der Waals surface area contributed by atoms with Crippen molar-refractivity contribution in [2.24, 2.45) is 0 Å². The number of aromatic nitrogens is 1. The van der Waals surface area contributed by atoms with Crippen LogP contribution in [0.2, 0.25) is 0 Å². The first-order valence-corrected chi connectivity index (χ1v) is 6.19. The maximum Gasteiger partial charge on any atom is 0.0676 e. The number of fused-ring (bicyclic) bond motifs is 2. The molecule has 1 heteroatoms. The second-order valence-electron chi connectivity index (χ2n) is 4.67. The van der Waals surface area contributed by atoms with Crippen LogP contribution in [0.15, 0.2) is 54.6 Å². The van der Waals surface area contributed by atoms with Crippen molar-refractivity contribution in [2.45, 2.75) is 5.92 Å². The molecule has 1 heterocycles. The number of benzene rings is 2. The van der Waals surface area contributed by atoms with Gasteiger partial charge in [-0.1, -0.05) is 54.6 Å². The molecule has 3 aromatic rings. The molecule has 1 nitrogen and oxygen atoms in total. The van der Waals surface area contributed by atoms with Gasteiger partial charge in [0, 0.05) is 16.8 Å². The molecule has 0 saturated carbocycles. The van der Waals surface area contributed by atoms with Crippen molar-refractivity contribution in [3.63, 3.8) is 0 Å². The lowest BCUT2D eigenvalue weighted by Gasteiger charge is -2.09. The highest BCUT2D eigenvalue weighted by molar-refractivity contribution is 5.85. The van der Waals surface area contributed by atoms with Crippen molar-refractivity contribution < 1.29 is 0 Å². The average molecular weight is 230 g/mol. The van der Waals surface area contributed by atoms with E-state index in [-0.39, 0.29) is 0 Å². The molecule has 1 aromatic heterocycles. The van der Waals surface area contributed by atoms with E-state index in [4.69, 9.17) is 0 Å². The summed E-state index contributed by atoms with van der Waals surface area (Å²) in [5.41, 5.74) is 5.09. The van der Waals surface area contributed by atoms with Crippen LogP contribution in [0.3, 0.4) is 0 Å². The van der Waals surface area contributed by atoms with E-state index in [2.05, 4.69) is 71.9 Å². The first-order chi connectivity index (χ1) is 8.93. The molecule has 1 unspecified atom stereocenters. The van der Waals surface area contributed by atoms with E-state index in [0.717, 1.165) is 5.52 Å². The summed E-state index contributed by atoms with van der Waals surface area (Å²) in [5.74, 6) is 0.331. The van der Waals surface area contributed by atoms with Crippen molar-refractivity contribution in [1.82, 2.24) is 4.98 Å². The number of H-pyrrole nitrogens is 1. The topological polar surface area (TPSA) is 15.8 Å². The van der Waals surface area contributed by atoms with Gasteiger partial charge in [0.15, 0.2) is 0 Å². The maximum atomic E-state index is 3.32. The van der Waals surface area contributed by atoms with Gasteiger partial charge in [0.2, 0.25) is 0 Å². The predicted octanol–water partition coefficient (Wildman–Crippen LogP) is 4.13. The monoisotopic (exact) mass is 230 g/mol. The molecule has 0 bridgehead atoms. The van der Waals surface area contributed by atoms with Crippen LogP contribution in [-0.2, 0) is 0 Å². The van der Waals surface area contributed by atoms with Crippen LogP contribution in [-0.4, -0.2) is 4.98 Å². The van der Waals surface area contributed by atoms with Crippen LogP contribution < -0.4 is 0 Å². The standard InChI is InChI=1S/C17H12N/c1-2-6-13-12(5-1)9-10-14(13)16-11-18-17-8-4-3-7-15(16)17/h1-10,14,18H. The molecule has 85 valence electrons. The molecule has 0 fully saturated rings. The van der Waals surface area contributed by atoms with Crippen molar-refractivity contribution in [3.05, 3.63) is 77.5 Å². The SMILES string of the molecule is [c]1[nH]c2ccccc2c1C1C=Cc2ccccc21. The number of allylic oxidation sites excluding steroid dienone is 1. The summed E-state index contributed by atoms with van der Waals surface area (Å²) < 4.78 is 0. The minimum atomic E-state index is 0.331. The zero-order valence-electron chi connectivity index (χ0n) is 9.85. The zero-order valence-corrected chi connectivity index (χ0v) is 9.85. The van der Waals surface area contributed by atoms with E-state index < -0.39 is 0 Å². The molecule has 1 aliphatic rings. The Morgan fingerprint density at radius 1 is 0.944 bits per heavy atom. The Morgan fingerprint density at radius 3 is 2.78 bits per heavy atom. The summed E-state index contributed by atoms with van der Waals surface area (Å²) in [6.07, 6.45) is 7.78. The van der Waals surface area contributed by atoms with Gasteiger partial charge >= 0.3 is 0 Å². The Labute approximate surface area is 106 Å². The van der Waals surface area contributed by atoms with E-state index >= 15 is 0 Å². The van der Waals surface area contributed by atoms with Gasteiger partial charge in [-0.3, -0.25) is 0 Å². The van der Waals surface area contributed by atoms with Gasteiger partial charge in [0.05, 0.1) is 6.20 Å². The number of hydrogen-bond acceptors (Lipinski definition) is 0. The fraction of sp³-hybridized carbons (Fsp3) is 0.0588. The smallest absolute Gasteiger partial charge is 0.0676 e. The quantitative estimate of drug-likeness (QED) is 0.647. The molecule has 1 aliphatic carbocycles. The minimum Gasteiger partial charge on any atom is -0.353 e. The van der Waals surface area contributed by atoms with Crippen LogP contribution in [0.5, 0.6) is 0 Å². The van der Waals surface area contributed by atoms with Gasteiger partial charge in [0.1, 0.15) is 0 Å². The van der Waals surface area contributed by atoms with Crippen molar-refractivity contribution in [3.8, 4) is 0 Å². The molecule has 1 radical (unpaired) electrons. The van der Waals surface area contributed by atoms with Crippen LogP contribution in [0.1, 0.15) is 22.6 Å². The van der Waals surface area contributed by atoms with E-state index in [1.54, 1.807) is 0 Å². The summed E-state index contributed by atoms with van der Waals surface area (Å²) >= 11 is 0. The average Bonchev–Trinajstić information content (AvgIpc) is 3.01. The van der Waals surface area contributed by atoms with Crippen molar-refractivity contribution >= 4 is 17.0 Å². The normalized spacial score (nSPS) is 17.2. The highest BCUT2D eigenvalue weighted by atomic mass is 14.7. The number of nitrogens with one attached hydrogen (secondary N) is 1. The van der Waals surface area contributed by atoms with Crippen molar-refractivity contribution in [1.29, 1.82) is 0 Å². The molecule has 1 N–H and O–H groups in total. The third-order valence-corrected chi connectivity index (χ3v) is 3.66. The van der Waals surface area contributed by atoms with Crippen LogP contribution in [0.25, 0.3) is 17.0 Å². The first kappa shape index (κ1) is 9.72. The minimum absolute atomic E-state index is 0.331. The molecule has 0 amide bonds. The molecule has 0 saturated heterocycles. The lowest BCUT2D eigenvalue weighted by molar-refractivity contribution is 1.06. The van der Waals surface area contributed by atoms with E-state index in [0.29, 0.717) is 5.92 Å². The Hall–Kier alpha value is -2.28. The number of para-hydroxylation sites is 1. The number of aromatic amines is 1. The van der Waals surface area contributed by atoms with Crippen molar-refractivity contribution in [2.75, 3.05) is 0 Å². The van der Waals surface area contributed by atoms with Crippen LogP contribution >= 0.6 is 0 Å². The highest BCUT2D eigenvalue weighted by Crippen LogP contribution is 2.37. The molecule has 0 aliphatic heterocycles. The first-order valence-electron chi connectivity index (χ1n) is 6.19. The Balaban J connectivity index is 1.93. The molecule has 18 heavy (non-hydrogen) atoms. The van der Waals surface area contributed by atoms with Crippen LogP contribution in [0, 0.1) is 6.20 Å². The van der Waals surface area contributed by atoms with Gasteiger partial charge < -0.3 is 4.98 Å². The third kappa shape index (κ3) is 1.28. The second kappa shape index (κ2) is 3.61. The summed E-state index contributed by atoms with van der Waals surface area (Å²) in [6, 6.07) is 17.0. The number of hydrogen-bond donors (Lipinski definition) is 1. The summed E-state index contributed by atoms with van der Waals surface area (Å²) in [7, 11) is 0. The van der Waals surface area contributed by atoms with Gasteiger partial charge in [0.25, 0.3) is 0 Å². The number of rotatable bonds is 1. The van der Waals surface area contributed by atoms with Gasteiger partial charge in [-0.05, 0) is 22.8 Å². The van der Waals surface area contributed by atoms with Gasteiger partial charge in [-0.15, -0.1) is 0 Å². The van der Waals surface area contributed by atoms with Gasteiger partial charge in [-0.25, -0.2) is 0 Å². The fourth-order valence-corrected chi connectivity index (χ4v) is 2.78. The molecular weight excluding hydrogens is 218 g/mol. The molecule has 0 spiro atoms. The Morgan fingerprint density at radius 2 is 1.78 bits per heavy atom. The zero-order chi connectivity index (χ0) is 11.9. The summed E-state index contributed by atoms with van der Waals surface area (Å²) in [6.45, 7) is 0. The fourth-order valence-electron chi connectivity index (χ4n) is 2.78. The Bertz CT molecular complexity index is 749. The predicted molar refractivity (Wildman–Crippen MR) is 74.5 cm³/mol. The highest BCUT2D eigenvalue weighted by Gasteiger charge is 2.21. The second-order valence-corrected chi connectivity index (χ2v) is 4.67. The van der Waals surface area contributed by atoms with E-state index in [9.17, 15) is 0 Å². The molecule has 1 atom stereocenters. The molecule has 2 aromatic carbocycles. The summed E-state index contributed by atoms with van der Waals surface area (Å²) in [4.78, 5) is 3.24. The van der Waals surface area contributed by atoms with Crippen LogP contribution in [0.4, 0.5) is 0 Å². The lowest BCUT2D eigenvalue weighted by Crippen LogP contribution is -1.94. The third-order valence-electron chi connectivity index (χ3n) is 3.66. The largest absolute Gasteiger partial charge is 0.353 e.